The Hall–Kier alpha value is -5.48. The maximum Gasteiger partial charge on any atom is 0.305 e. The van der Waals surface area contributed by atoms with Crippen molar-refractivity contribution in [1.82, 2.24) is 36.8 Å². The molecule has 0 aromatic carbocycles. The molecule has 1 rings (SSSR count). The van der Waals surface area contributed by atoms with Crippen molar-refractivity contribution in [3.05, 3.63) is 0 Å². The van der Waals surface area contributed by atoms with E-state index >= 15 is 0 Å². The summed E-state index contributed by atoms with van der Waals surface area (Å²) in [4.78, 5) is 134. The molecule has 1 aliphatic heterocycles. The van der Waals surface area contributed by atoms with Gasteiger partial charge in [0.1, 0.15) is 36.8 Å². The number of carbonyl (C=O) groups is 10. The van der Waals surface area contributed by atoms with Gasteiger partial charge in [-0.3, -0.25) is 57.8 Å². The third-order valence-corrected chi connectivity index (χ3v) is 8.08. The van der Waals surface area contributed by atoms with E-state index in [1.165, 1.54) is 13.8 Å². The minimum absolute atomic E-state index is 0.0233. The van der Waals surface area contributed by atoms with Gasteiger partial charge in [0.2, 0.25) is 41.4 Å². The van der Waals surface area contributed by atoms with Gasteiger partial charge in [-0.25, -0.2) is 0 Å². The number of aliphatic imine (C=N–C) groups is 1. The zero-order valence-corrected chi connectivity index (χ0v) is 31.1. The number of nitrogens with two attached hydrogens (primary N) is 2. The number of imide groups is 1. The maximum absolute atomic E-state index is 13.8. The number of amides is 8. The molecule has 0 radical (unpaired) electrons. The van der Waals surface area contributed by atoms with E-state index in [1.54, 1.807) is 6.92 Å². The molecule has 12 N–H and O–H groups in total. The Bertz CT molecular complexity index is 1460. The second-order valence-electron chi connectivity index (χ2n) is 12.6. The quantitative estimate of drug-likeness (QED) is 0.0364. The first kappa shape index (κ1) is 46.5. The van der Waals surface area contributed by atoms with Gasteiger partial charge in [-0.2, -0.15) is 12.6 Å². The summed E-state index contributed by atoms with van der Waals surface area (Å²) in [5.74, 6) is -12.8. The van der Waals surface area contributed by atoms with Gasteiger partial charge in [0, 0.05) is 18.7 Å². The van der Waals surface area contributed by atoms with Crippen LogP contribution in [0.4, 0.5) is 0 Å². The Morgan fingerprint density at radius 2 is 1.35 bits per heavy atom. The number of thiol groups is 1. The maximum atomic E-state index is 13.8. The van der Waals surface area contributed by atoms with E-state index in [0.29, 0.717) is 17.7 Å². The van der Waals surface area contributed by atoms with Crippen LogP contribution in [-0.4, -0.2) is 136 Å². The third kappa shape index (κ3) is 16.5. The first-order valence-electron chi connectivity index (χ1n) is 17.0. The van der Waals surface area contributed by atoms with Crippen molar-refractivity contribution >= 4 is 77.8 Å². The van der Waals surface area contributed by atoms with Crippen molar-refractivity contribution in [3.63, 3.8) is 0 Å². The molecule has 54 heavy (non-hydrogen) atoms. The highest BCUT2D eigenvalue weighted by Crippen LogP contribution is 2.10. The molecule has 0 aliphatic carbocycles. The van der Waals surface area contributed by atoms with Gasteiger partial charge in [0.05, 0.1) is 19.4 Å². The smallest absolute Gasteiger partial charge is 0.305 e. The first-order chi connectivity index (χ1) is 25.3. The molecule has 302 valence electrons. The Morgan fingerprint density at radius 3 is 1.89 bits per heavy atom. The number of hydrogen-bond donors (Lipinski definition) is 11. The van der Waals surface area contributed by atoms with E-state index in [1.807, 2.05) is 0 Å². The summed E-state index contributed by atoms with van der Waals surface area (Å²) in [6.45, 7) is 3.06. The van der Waals surface area contributed by atoms with Crippen LogP contribution in [-0.2, 0) is 47.9 Å². The second kappa shape index (κ2) is 23.2. The topological polar surface area (TPSA) is 351 Å². The van der Waals surface area contributed by atoms with Crippen LogP contribution in [0.2, 0.25) is 0 Å². The van der Waals surface area contributed by atoms with Gasteiger partial charge >= 0.3 is 11.9 Å². The first-order valence-corrected chi connectivity index (χ1v) is 17.7. The van der Waals surface area contributed by atoms with Crippen LogP contribution >= 0.6 is 12.6 Å². The Kier molecular flexibility index (Phi) is 20.0. The molecule has 0 bridgehead atoms. The van der Waals surface area contributed by atoms with Crippen molar-refractivity contribution in [2.24, 2.45) is 22.4 Å². The lowest BCUT2D eigenvalue weighted by molar-refractivity contribution is -0.150. The van der Waals surface area contributed by atoms with Crippen molar-refractivity contribution < 1.29 is 58.2 Å². The average molecular weight is 787 g/mol. The van der Waals surface area contributed by atoms with Crippen LogP contribution in [0, 0.1) is 5.92 Å². The fourth-order valence-corrected chi connectivity index (χ4v) is 5.16. The van der Waals surface area contributed by atoms with Gasteiger partial charge in [-0.05, 0) is 25.2 Å². The van der Waals surface area contributed by atoms with Crippen molar-refractivity contribution in [1.29, 1.82) is 0 Å². The van der Waals surface area contributed by atoms with E-state index in [4.69, 9.17) is 11.5 Å². The molecule has 1 saturated heterocycles. The van der Waals surface area contributed by atoms with Crippen LogP contribution < -0.4 is 43.4 Å². The fraction of sp³-hybridized carbons (Fsp3) is 0.645. The lowest BCUT2D eigenvalue weighted by Gasteiger charge is -2.29. The zero-order valence-electron chi connectivity index (χ0n) is 30.2. The highest BCUT2D eigenvalue weighted by Gasteiger charge is 2.36. The van der Waals surface area contributed by atoms with Gasteiger partial charge in [0.15, 0.2) is 5.96 Å². The summed E-state index contributed by atoms with van der Waals surface area (Å²) in [6, 6.07) is -8.16. The van der Waals surface area contributed by atoms with E-state index in [2.05, 4.69) is 49.5 Å². The molecular formula is C31H50N10O12S. The molecule has 1 heterocycles. The number of unbranched alkanes of at least 4 members (excludes halogenated alkanes) is 1. The molecule has 0 unspecified atom stereocenters. The molecule has 0 aromatic heterocycles. The molecule has 0 saturated carbocycles. The van der Waals surface area contributed by atoms with Crippen molar-refractivity contribution in [2.75, 3.05) is 25.4 Å². The number of rotatable bonds is 13. The number of carbonyl (C=O) groups excluding carboxylic acids is 8. The number of guanidine groups is 1. The Balaban J connectivity index is 3.73. The van der Waals surface area contributed by atoms with E-state index in [0.717, 1.165) is 0 Å². The van der Waals surface area contributed by atoms with Crippen molar-refractivity contribution in [2.45, 2.75) is 95.9 Å². The van der Waals surface area contributed by atoms with E-state index in [9.17, 15) is 58.2 Å². The van der Waals surface area contributed by atoms with Crippen LogP contribution in [0.3, 0.4) is 0 Å². The van der Waals surface area contributed by atoms with Crippen LogP contribution in [0.25, 0.3) is 0 Å². The molecule has 8 amide bonds. The molecule has 22 nitrogen and oxygen atoms in total. The number of nitrogens with zero attached hydrogens (tertiary/aromatic N) is 2. The number of carboxylic acid groups (broad SMARTS) is 2. The SMILES string of the molecule is CCCCC(=O)N1CC(=O)N[C@@H](CCCN=C(N)N)C(=O)NCC(=O)N[C@@H](CC(=O)O)C(=O)N[C@@H](CC(=O)O)C(=O)N[C@@H](C(C)C)C(=O)N[C@@H](CS)C1=O. The van der Waals surface area contributed by atoms with E-state index in [-0.39, 0.29) is 37.5 Å². The minimum Gasteiger partial charge on any atom is -0.481 e. The number of aliphatic carboxylic acids is 2. The van der Waals surface area contributed by atoms with Crippen molar-refractivity contribution in [3.8, 4) is 0 Å². The highest BCUT2D eigenvalue weighted by molar-refractivity contribution is 7.80. The Morgan fingerprint density at radius 1 is 0.796 bits per heavy atom. The lowest BCUT2D eigenvalue weighted by atomic mass is 10.0. The fourth-order valence-electron chi connectivity index (χ4n) is 4.91. The summed E-state index contributed by atoms with van der Waals surface area (Å²) in [7, 11) is 0. The zero-order chi connectivity index (χ0) is 41.1. The predicted molar refractivity (Wildman–Crippen MR) is 192 cm³/mol. The van der Waals surface area contributed by atoms with Crippen LogP contribution in [0.1, 0.15) is 65.7 Å². The predicted octanol–water partition coefficient (Wildman–Crippen LogP) is -4.33. The third-order valence-electron chi connectivity index (χ3n) is 7.72. The van der Waals surface area contributed by atoms with Gasteiger partial charge in [0.25, 0.3) is 5.91 Å². The summed E-state index contributed by atoms with van der Waals surface area (Å²) in [5, 5.41) is 32.4. The van der Waals surface area contributed by atoms with Crippen LogP contribution in [0.15, 0.2) is 4.99 Å². The summed E-state index contributed by atoms with van der Waals surface area (Å²) in [6.07, 6.45) is -1.33. The minimum atomic E-state index is -1.89. The molecular weight excluding hydrogens is 736 g/mol. The van der Waals surface area contributed by atoms with Gasteiger partial charge in [-0.15, -0.1) is 0 Å². The highest BCUT2D eigenvalue weighted by atomic mass is 32.1. The normalized spacial score (nSPS) is 22.7. The van der Waals surface area contributed by atoms with Gasteiger partial charge < -0.3 is 53.6 Å². The number of carboxylic acids is 2. The average Bonchev–Trinajstić information content (AvgIpc) is 3.08. The standard InChI is InChI=1S/C31H50N10O12S/c1-4-5-8-22(44)41-13-21(43)36-16(7-6-9-34-31(32)33)26(49)35-12-20(42)37-17(10-23(45)46)27(50)38-18(11-24(47)48)28(51)40-25(15(2)3)29(52)39-19(14-54)30(41)53/h15-19,25,54H,4-14H2,1-3H3,(H,35,49)(H,36,43)(H,37,42)(H,38,50)(H,39,52)(H,40,51)(H,45,46)(H,47,48)(H4,32,33,34)/t16-,17-,18-,19-,25-/m0/s1. The van der Waals surface area contributed by atoms with Crippen LogP contribution in [0.5, 0.6) is 0 Å². The molecule has 1 aliphatic rings. The summed E-state index contributed by atoms with van der Waals surface area (Å²) < 4.78 is 0. The summed E-state index contributed by atoms with van der Waals surface area (Å²) in [5.41, 5.74) is 10.7. The Labute approximate surface area is 316 Å². The second-order valence-corrected chi connectivity index (χ2v) is 12.9. The van der Waals surface area contributed by atoms with Gasteiger partial charge in [-0.1, -0.05) is 27.2 Å². The monoisotopic (exact) mass is 786 g/mol. The number of nitrogens with one attached hydrogen (secondary N) is 6. The molecule has 0 spiro atoms. The lowest BCUT2D eigenvalue weighted by Crippen LogP contribution is -2.61. The van der Waals surface area contributed by atoms with E-state index < -0.39 is 121 Å². The molecule has 23 heteroatoms. The molecule has 5 atom stereocenters. The molecule has 1 fully saturated rings. The largest absolute Gasteiger partial charge is 0.481 e. The molecule has 0 aromatic rings. The summed E-state index contributed by atoms with van der Waals surface area (Å²) >= 11 is 4.14. The number of hydrogen-bond acceptors (Lipinski definition) is 12.